The second-order valence-corrected chi connectivity index (χ2v) is 9.01. The van der Waals surface area contributed by atoms with Gasteiger partial charge in [-0.25, -0.2) is 4.79 Å². The number of ether oxygens (including phenoxy) is 1. The van der Waals surface area contributed by atoms with Gasteiger partial charge in [-0.2, -0.15) is 0 Å². The largest absolute Gasteiger partial charge is 0.497 e. The summed E-state index contributed by atoms with van der Waals surface area (Å²) >= 11 is 0. The van der Waals surface area contributed by atoms with Crippen LogP contribution in [0, 0.1) is 11.8 Å². The number of hydrogen-bond donors (Lipinski definition) is 0. The van der Waals surface area contributed by atoms with E-state index in [1.165, 1.54) is 0 Å². The number of rotatable bonds is 3. The van der Waals surface area contributed by atoms with Crippen molar-refractivity contribution in [2.75, 3.05) is 53.9 Å². The summed E-state index contributed by atoms with van der Waals surface area (Å²) in [5.41, 5.74) is 0.342. The summed E-state index contributed by atoms with van der Waals surface area (Å²) in [5.74, 6) is 0.808. The maximum absolute atomic E-state index is 13.2. The van der Waals surface area contributed by atoms with E-state index >= 15 is 0 Å². The molecule has 8 nitrogen and oxygen atoms in total. The normalized spacial score (nSPS) is 24.5. The fraction of sp³-hybridized carbons (Fsp3) is 0.609. The van der Waals surface area contributed by atoms with E-state index in [2.05, 4.69) is 0 Å². The van der Waals surface area contributed by atoms with Gasteiger partial charge in [-0.15, -0.1) is 0 Å². The molecule has 0 saturated carbocycles. The zero-order valence-electron chi connectivity index (χ0n) is 18.8. The number of piperidine rings is 1. The lowest BCUT2D eigenvalue weighted by Crippen LogP contribution is -2.58. The van der Waals surface area contributed by atoms with Crippen LogP contribution in [0.4, 0.5) is 4.79 Å². The molecule has 31 heavy (non-hydrogen) atoms. The quantitative estimate of drug-likeness (QED) is 0.736. The molecule has 4 amide bonds. The average molecular weight is 429 g/mol. The number of fused-ring (bicyclic) bond motifs is 2. The van der Waals surface area contributed by atoms with E-state index < -0.39 is 0 Å². The summed E-state index contributed by atoms with van der Waals surface area (Å²) in [5, 5.41) is 0. The number of amides is 4. The maximum Gasteiger partial charge on any atom is 0.319 e. The number of hydrogen-bond acceptors (Lipinski definition) is 4. The molecule has 3 saturated heterocycles. The fourth-order valence-corrected chi connectivity index (χ4v) is 5.80. The smallest absolute Gasteiger partial charge is 0.319 e. The molecule has 0 aromatic heterocycles. The Morgan fingerprint density at radius 1 is 1.16 bits per heavy atom. The summed E-state index contributed by atoms with van der Waals surface area (Å²) < 4.78 is 5.25. The first kappa shape index (κ1) is 21.5. The molecule has 0 aliphatic carbocycles. The topological polar surface area (TPSA) is 73.4 Å². The molecule has 1 spiro atoms. The summed E-state index contributed by atoms with van der Waals surface area (Å²) in [4.78, 5) is 46.1. The first-order chi connectivity index (χ1) is 14.8. The van der Waals surface area contributed by atoms with Crippen molar-refractivity contribution in [3.8, 4) is 5.75 Å². The van der Waals surface area contributed by atoms with Gasteiger partial charge in [0, 0.05) is 58.3 Å². The van der Waals surface area contributed by atoms with Crippen molar-refractivity contribution in [2.45, 2.75) is 25.3 Å². The van der Waals surface area contributed by atoms with Crippen molar-refractivity contribution >= 4 is 17.8 Å². The van der Waals surface area contributed by atoms with E-state index in [-0.39, 0.29) is 35.2 Å². The Labute approximate surface area is 183 Å². The number of carbonyl (C=O) groups is 3. The minimum absolute atomic E-state index is 0.00601. The molecule has 0 unspecified atom stereocenters. The standard InChI is InChI=1S/C23H32N4O4/c1-5-27-21(29)18-14-26(22(30)24(2)3)15-19(18)23(27)9-11-25(12-10-23)20(28)16-7-6-8-17(13-16)31-4/h6-8,13,18-19H,5,9-12,14-15H2,1-4H3/t18-,19+/m0/s1. The highest BCUT2D eigenvalue weighted by Gasteiger charge is 2.62. The van der Waals surface area contributed by atoms with Gasteiger partial charge in [0.1, 0.15) is 5.75 Å². The number of carbonyl (C=O) groups excluding carboxylic acids is 3. The van der Waals surface area contributed by atoms with Crippen molar-refractivity contribution in [3.05, 3.63) is 29.8 Å². The first-order valence-electron chi connectivity index (χ1n) is 11.0. The molecule has 0 bridgehead atoms. The molecule has 1 aromatic carbocycles. The zero-order chi connectivity index (χ0) is 22.3. The monoisotopic (exact) mass is 428 g/mol. The van der Waals surface area contributed by atoms with Gasteiger partial charge in [0.15, 0.2) is 0 Å². The van der Waals surface area contributed by atoms with Gasteiger partial charge in [0.25, 0.3) is 5.91 Å². The lowest BCUT2D eigenvalue weighted by Gasteiger charge is -2.47. The molecule has 0 radical (unpaired) electrons. The van der Waals surface area contributed by atoms with Gasteiger partial charge in [0.2, 0.25) is 5.91 Å². The Morgan fingerprint density at radius 3 is 2.48 bits per heavy atom. The van der Waals surface area contributed by atoms with Crippen molar-refractivity contribution < 1.29 is 19.1 Å². The molecule has 3 heterocycles. The van der Waals surface area contributed by atoms with Crippen molar-refractivity contribution in [1.82, 2.24) is 19.6 Å². The van der Waals surface area contributed by atoms with Crippen LogP contribution < -0.4 is 4.74 Å². The molecule has 3 aliphatic rings. The molecular formula is C23H32N4O4. The molecule has 3 fully saturated rings. The predicted octanol–water partition coefficient (Wildman–Crippen LogP) is 1.76. The van der Waals surface area contributed by atoms with Crippen LogP contribution >= 0.6 is 0 Å². The molecular weight excluding hydrogens is 396 g/mol. The Bertz CT molecular complexity index is 878. The van der Waals surface area contributed by atoms with E-state index in [1.54, 1.807) is 32.2 Å². The Morgan fingerprint density at radius 2 is 1.87 bits per heavy atom. The maximum atomic E-state index is 13.2. The van der Waals surface area contributed by atoms with Gasteiger partial charge in [-0.1, -0.05) is 6.07 Å². The summed E-state index contributed by atoms with van der Waals surface area (Å²) in [6, 6.07) is 7.19. The summed E-state index contributed by atoms with van der Waals surface area (Å²) in [7, 11) is 5.08. The zero-order valence-corrected chi connectivity index (χ0v) is 18.8. The Kier molecular flexibility index (Phi) is 5.58. The minimum Gasteiger partial charge on any atom is -0.497 e. The van der Waals surface area contributed by atoms with Gasteiger partial charge >= 0.3 is 6.03 Å². The highest BCUT2D eigenvalue weighted by molar-refractivity contribution is 5.94. The van der Waals surface area contributed by atoms with Gasteiger partial charge in [0.05, 0.1) is 18.6 Å². The predicted molar refractivity (Wildman–Crippen MR) is 116 cm³/mol. The number of benzene rings is 1. The van der Waals surface area contributed by atoms with Gasteiger partial charge in [-0.05, 0) is 38.0 Å². The van der Waals surface area contributed by atoms with Gasteiger partial charge < -0.3 is 24.3 Å². The first-order valence-corrected chi connectivity index (χ1v) is 11.0. The van der Waals surface area contributed by atoms with Crippen LogP contribution in [0.15, 0.2) is 24.3 Å². The molecule has 8 heteroatoms. The molecule has 1 aromatic rings. The van der Waals surface area contributed by atoms with Crippen LogP contribution in [0.25, 0.3) is 0 Å². The summed E-state index contributed by atoms with van der Waals surface area (Å²) in [6.07, 6.45) is 1.49. The average Bonchev–Trinajstić information content (AvgIpc) is 3.32. The Hall–Kier alpha value is -2.77. The lowest BCUT2D eigenvalue weighted by molar-refractivity contribution is -0.135. The third kappa shape index (κ3) is 3.42. The number of likely N-dealkylation sites (tertiary alicyclic amines) is 3. The number of urea groups is 1. The Balaban J connectivity index is 1.52. The van der Waals surface area contributed by atoms with Crippen molar-refractivity contribution in [3.63, 3.8) is 0 Å². The van der Waals surface area contributed by atoms with E-state index in [0.717, 1.165) is 12.8 Å². The SMILES string of the molecule is CCN1C(=O)[C@H]2CN(C(=O)N(C)C)C[C@H]2C12CCN(C(=O)c1cccc(OC)c1)CC2. The van der Waals surface area contributed by atoms with E-state index in [4.69, 9.17) is 4.74 Å². The second-order valence-electron chi connectivity index (χ2n) is 9.01. The molecule has 168 valence electrons. The van der Waals surface area contributed by atoms with Crippen LogP contribution in [0.2, 0.25) is 0 Å². The molecule has 0 N–H and O–H groups in total. The number of methoxy groups -OCH3 is 1. The van der Waals surface area contributed by atoms with E-state index in [1.807, 2.05) is 39.8 Å². The molecule has 4 rings (SSSR count). The third-order valence-electron chi connectivity index (χ3n) is 7.33. The van der Waals surface area contributed by atoms with Crippen molar-refractivity contribution in [1.29, 1.82) is 0 Å². The van der Waals surface area contributed by atoms with Crippen LogP contribution in [0.5, 0.6) is 5.75 Å². The van der Waals surface area contributed by atoms with Crippen molar-refractivity contribution in [2.24, 2.45) is 11.8 Å². The van der Waals surface area contributed by atoms with Crippen LogP contribution in [0.3, 0.4) is 0 Å². The van der Waals surface area contributed by atoms with Crippen LogP contribution in [-0.4, -0.2) is 96.9 Å². The second kappa shape index (κ2) is 8.05. The van der Waals surface area contributed by atoms with Crippen LogP contribution in [-0.2, 0) is 4.79 Å². The summed E-state index contributed by atoms with van der Waals surface area (Å²) in [6.45, 7) is 4.99. The third-order valence-corrected chi connectivity index (χ3v) is 7.33. The van der Waals surface area contributed by atoms with Gasteiger partial charge in [-0.3, -0.25) is 9.59 Å². The van der Waals surface area contributed by atoms with E-state index in [0.29, 0.717) is 44.0 Å². The minimum atomic E-state index is -0.275. The molecule has 2 atom stereocenters. The fourth-order valence-electron chi connectivity index (χ4n) is 5.80. The molecule has 3 aliphatic heterocycles. The highest BCUT2D eigenvalue weighted by Crippen LogP contribution is 2.49. The number of nitrogens with zero attached hydrogens (tertiary/aromatic N) is 4. The van der Waals surface area contributed by atoms with E-state index in [9.17, 15) is 14.4 Å². The lowest BCUT2D eigenvalue weighted by atomic mass is 9.74. The highest BCUT2D eigenvalue weighted by atomic mass is 16.5. The van der Waals surface area contributed by atoms with Crippen LogP contribution in [0.1, 0.15) is 30.1 Å².